The largest absolute Gasteiger partial charge is 2.00 e. The Balaban J connectivity index is -0.000000160. The summed E-state index contributed by atoms with van der Waals surface area (Å²) in [6.07, 6.45) is 16.7. The van der Waals surface area contributed by atoms with Crippen molar-refractivity contribution in [2.24, 2.45) is 0 Å². The van der Waals surface area contributed by atoms with E-state index in [0.29, 0.717) is 0 Å². The first-order valence-electron chi connectivity index (χ1n) is 4.27. The van der Waals surface area contributed by atoms with Crippen LogP contribution >= 0.6 is 24.8 Å². The van der Waals surface area contributed by atoms with Crippen molar-refractivity contribution in [2.45, 2.75) is 26.7 Å². The van der Waals surface area contributed by atoms with E-state index in [1.165, 1.54) is 11.1 Å². The van der Waals surface area contributed by atoms with Gasteiger partial charge >= 0.3 is 21.7 Å². The molecule has 0 saturated heterocycles. The van der Waals surface area contributed by atoms with Gasteiger partial charge in [-0.1, -0.05) is 13.8 Å². The van der Waals surface area contributed by atoms with Crippen LogP contribution in [0.1, 0.15) is 26.7 Å². The average molecular weight is 279 g/mol. The van der Waals surface area contributed by atoms with Crippen molar-refractivity contribution in [1.29, 1.82) is 0 Å². The van der Waals surface area contributed by atoms with E-state index < -0.39 is 0 Å². The van der Waals surface area contributed by atoms with Crippen LogP contribution in [0.15, 0.2) is 35.5 Å². The van der Waals surface area contributed by atoms with Gasteiger partial charge in [0, 0.05) is 0 Å². The summed E-state index contributed by atoms with van der Waals surface area (Å²) >= 11 is 0. The van der Waals surface area contributed by atoms with Crippen molar-refractivity contribution in [3.05, 3.63) is 47.6 Å². The van der Waals surface area contributed by atoms with E-state index in [4.69, 9.17) is 0 Å². The molecule has 0 atom stereocenters. The predicted octanol–water partition coefficient (Wildman–Crippen LogP) is 4.23. The molecule has 0 nitrogen and oxygen atoms in total. The first kappa shape index (κ1) is 20.6. The van der Waals surface area contributed by atoms with Gasteiger partial charge in [0.15, 0.2) is 0 Å². The molecule has 0 fully saturated rings. The van der Waals surface area contributed by atoms with Gasteiger partial charge in [-0.2, -0.15) is 12.2 Å². The number of rotatable bonds is 0. The summed E-state index contributed by atoms with van der Waals surface area (Å²) < 4.78 is 0. The van der Waals surface area contributed by atoms with E-state index >= 15 is 0 Å². The van der Waals surface area contributed by atoms with E-state index in [1.54, 1.807) is 0 Å². The fourth-order valence-corrected chi connectivity index (χ4v) is 1.03. The monoisotopic (exact) mass is 278 g/mol. The molecule has 0 aromatic rings. The van der Waals surface area contributed by atoms with Crippen LogP contribution in [0, 0.1) is 12.2 Å². The first-order valence-corrected chi connectivity index (χ1v) is 4.27. The Hall–Kier alpha value is 0.254. The Kier molecular flexibility index (Phi) is 17.0. The molecule has 0 saturated carbocycles. The Bertz CT molecular complexity index is 229. The maximum atomic E-state index is 3.12. The fourth-order valence-electron chi connectivity index (χ4n) is 1.03. The molecular formula is C12H16Cl2Ti. The van der Waals surface area contributed by atoms with E-state index in [-0.39, 0.29) is 46.5 Å². The molecule has 0 bridgehead atoms. The van der Waals surface area contributed by atoms with Crippen molar-refractivity contribution in [3.8, 4) is 0 Å². The molecule has 0 amide bonds. The van der Waals surface area contributed by atoms with Gasteiger partial charge in [-0.15, -0.1) is 37.7 Å². The summed E-state index contributed by atoms with van der Waals surface area (Å²) in [4.78, 5) is 0. The van der Waals surface area contributed by atoms with Gasteiger partial charge in [0.25, 0.3) is 0 Å². The Labute approximate surface area is 120 Å². The van der Waals surface area contributed by atoms with Crippen LogP contribution in [0.25, 0.3) is 0 Å². The van der Waals surface area contributed by atoms with Crippen LogP contribution in [0.4, 0.5) is 0 Å². The molecule has 2 aliphatic rings. The van der Waals surface area contributed by atoms with Gasteiger partial charge in [0.05, 0.1) is 0 Å². The molecule has 0 aliphatic heterocycles. The smallest absolute Gasteiger partial charge is 0.270 e. The predicted molar refractivity (Wildman–Crippen MR) is 66.9 cm³/mol. The fraction of sp³-hybridized carbons (Fsp3) is 0.333. The minimum absolute atomic E-state index is 0. The zero-order valence-electron chi connectivity index (χ0n) is 9.04. The minimum Gasteiger partial charge on any atom is -0.270 e. The molecule has 82 valence electrons. The van der Waals surface area contributed by atoms with Crippen molar-refractivity contribution >= 4 is 24.8 Å². The number of hydrogen-bond acceptors (Lipinski definition) is 0. The van der Waals surface area contributed by atoms with Gasteiger partial charge in [-0.05, 0) is 0 Å². The van der Waals surface area contributed by atoms with Gasteiger partial charge in [0.2, 0.25) is 0 Å². The third-order valence-electron chi connectivity index (χ3n) is 1.73. The maximum Gasteiger partial charge on any atom is 2.00 e. The molecule has 0 unspecified atom stereocenters. The third-order valence-corrected chi connectivity index (χ3v) is 1.73. The maximum absolute atomic E-state index is 3.12. The van der Waals surface area contributed by atoms with Crippen molar-refractivity contribution in [2.75, 3.05) is 0 Å². The van der Waals surface area contributed by atoms with Crippen LogP contribution < -0.4 is 0 Å². The van der Waals surface area contributed by atoms with Crippen molar-refractivity contribution in [3.63, 3.8) is 0 Å². The molecule has 0 aromatic heterocycles. The average Bonchev–Trinajstić information content (AvgIpc) is 2.63. The second-order valence-electron chi connectivity index (χ2n) is 2.93. The van der Waals surface area contributed by atoms with Crippen LogP contribution in [0.3, 0.4) is 0 Å². The Morgan fingerprint density at radius 1 is 0.867 bits per heavy atom. The molecule has 0 aromatic carbocycles. The van der Waals surface area contributed by atoms with Gasteiger partial charge in [0.1, 0.15) is 0 Å². The van der Waals surface area contributed by atoms with Crippen LogP contribution in [-0.4, -0.2) is 0 Å². The van der Waals surface area contributed by atoms with Crippen LogP contribution in [-0.2, 0) is 21.7 Å². The SMILES string of the molecule is CC1=[C-]CC=C1.CC1=[C-]CC=C1.Cl.Cl.[Ti+2]. The van der Waals surface area contributed by atoms with Gasteiger partial charge in [-0.3, -0.25) is 12.2 Å². The molecule has 2 rings (SSSR count). The summed E-state index contributed by atoms with van der Waals surface area (Å²) in [7, 11) is 0. The summed E-state index contributed by atoms with van der Waals surface area (Å²) in [6.45, 7) is 4.12. The quantitative estimate of drug-likeness (QED) is 0.459. The molecule has 0 N–H and O–H groups in total. The molecule has 2 aliphatic carbocycles. The Morgan fingerprint density at radius 3 is 1.27 bits per heavy atom. The topological polar surface area (TPSA) is 0 Å². The number of halogens is 2. The van der Waals surface area contributed by atoms with Crippen LogP contribution in [0.2, 0.25) is 0 Å². The summed E-state index contributed by atoms with van der Waals surface area (Å²) in [5, 5.41) is 0. The molecular weight excluding hydrogens is 263 g/mol. The summed E-state index contributed by atoms with van der Waals surface area (Å²) in [5.41, 5.74) is 2.55. The van der Waals surface area contributed by atoms with E-state index in [2.05, 4.69) is 50.3 Å². The number of hydrogen-bond donors (Lipinski definition) is 0. The zero-order valence-corrected chi connectivity index (χ0v) is 12.2. The van der Waals surface area contributed by atoms with E-state index in [9.17, 15) is 0 Å². The molecule has 0 heterocycles. The minimum atomic E-state index is 0. The first-order chi connectivity index (χ1) is 5.79. The van der Waals surface area contributed by atoms with Crippen LogP contribution in [0.5, 0.6) is 0 Å². The van der Waals surface area contributed by atoms with Crippen molar-refractivity contribution in [1.82, 2.24) is 0 Å². The second-order valence-corrected chi connectivity index (χ2v) is 2.93. The zero-order chi connectivity index (χ0) is 8.81. The van der Waals surface area contributed by atoms with Gasteiger partial charge in [-0.25, -0.2) is 23.3 Å². The van der Waals surface area contributed by atoms with Crippen molar-refractivity contribution < 1.29 is 21.7 Å². The normalized spacial score (nSPS) is 14.8. The molecule has 3 heteroatoms. The summed E-state index contributed by atoms with van der Waals surface area (Å²) in [5.74, 6) is 0. The second kappa shape index (κ2) is 12.3. The molecule has 0 spiro atoms. The summed E-state index contributed by atoms with van der Waals surface area (Å²) in [6, 6.07) is 0. The van der Waals surface area contributed by atoms with E-state index in [1.807, 2.05) is 0 Å². The molecule has 15 heavy (non-hydrogen) atoms. The van der Waals surface area contributed by atoms with E-state index in [0.717, 1.165) is 12.8 Å². The third kappa shape index (κ3) is 10.5. The molecule has 0 radical (unpaired) electrons. The Morgan fingerprint density at radius 2 is 1.20 bits per heavy atom. The number of allylic oxidation sites excluding steroid dienone is 8. The van der Waals surface area contributed by atoms with Gasteiger partial charge < -0.3 is 0 Å². The standard InChI is InChI=1S/2C6H7.2ClH.Ti/c2*1-6-4-2-3-5-6;;;/h2*2,4H,3H2,1H3;2*1H;/q2*-1;;;+2.